The van der Waals surface area contributed by atoms with Crippen molar-refractivity contribution in [3.05, 3.63) is 59.0 Å². The van der Waals surface area contributed by atoms with E-state index in [1.807, 2.05) is 24.3 Å². The van der Waals surface area contributed by atoms with Gasteiger partial charge in [0.05, 0.1) is 22.6 Å². The van der Waals surface area contributed by atoms with Crippen LogP contribution in [-0.4, -0.2) is 4.98 Å². The number of pyridine rings is 1. The van der Waals surface area contributed by atoms with Gasteiger partial charge in [0, 0.05) is 16.1 Å². The van der Waals surface area contributed by atoms with Gasteiger partial charge in [-0.3, -0.25) is 4.98 Å². The molecule has 0 bridgehead atoms. The number of nitrogens with one attached hydrogen (secondary N) is 1. The molecule has 0 unspecified atom stereocenters. The van der Waals surface area contributed by atoms with Gasteiger partial charge in [0.2, 0.25) is 0 Å². The highest BCUT2D eigenvalue weighted by Crippen LogP contribution is 2.29. The molecule has 0 saturated carbocycles. The molecule has 0 aliphatic rings. The Morgan fingerprint density at radius 3 is 2.75 bits per heavy atom. The number of anilines is 3. The number of hydrogen-bond acceptors (Lipinski definition) is 3. The molecule has 0 saturated heterocycles. The van der Waals surface area contributed by atoms with Gasteiger partial charge in [0.1, 0.15) is 5.82 Å². The standard InChI is InChI=1S/C15H11BrFN3/c16-10-6-9-2-1-3-14(15(9)19-8-10)20-13-5-4-11(17)7-12(13)18/h1-8,20H,18H2. The van der Waals surface area contributed by atoms with E-state index in [2.05, 4.69) is 26.2 Å². The summed E-state index contributed by atoms with van der Waals surface area (Å²) in [6.45, 7) is 0. The fourth-order valence-electron chi connectivity index (χ4n) is 2.03. The first-order chi connectivity index (χ1) is 9.63. The molecular formula is C15H11BrFN3. The van der Waals surface area contributed by atoms with Crippen molar-refractivity contribution in [3.63, 3.8) is 0 Å². The van der Waals surface area contributed by atoms with Crippen LogP contribution in [0.1, 0.15) is 0 Å². The van der Waals surface area contributed by atoms with Crippen LogP contribution in [0.5, 0.6) is 0 Å². The largest absolute Gasteiger partial charge is 0.397 e. The molecule has 0 aliphatic carbocycles. The van der Waals surface area contributed by atoms with Crippen LogP contribution in [0.25, 0.3) is 10.9 Å². The smallest absolute Gasteiger partial charge is 0.125 e. The van der Waals surface area contributed by atoms with Crippen molar-refractivity contribution in [1.82, 2.24) is 4.98 Å². The lowest BCUT2D eigenvalue weighted by atomic mass is 10.2. The molecule has 1 heterocycles. The number of nitrogens with two attached hydrogens (primary N) is 1. The van der Waals surface area contributed by atoms with Gasteiger partial charge in [-0.2, -0.15) is 0 Å². The summed E-state index contributed by atoms with van der Waals surface area (Å²) in [5, 5.41) is 4.20. The molecular weight excluding hydrogens is 321 g/mol. The van der Waals surface area contributed by atoms with Crippen LogP contribution in [0, 0.1) is 5.82 Å². The molecule has 100 valence electrons. The van der Waals surface area contributed by atoms with Crippen molar-refractivity contribution < 1.29 is 4.39 Å². The number of rotatable bonds is 2. The molecule has 0 fully saturated rings. The molecule has 3 rings (SSSR count). The Hall–Kier alpha value is -2.14. The first-order valence-electron chi connectivity index (χ1n) is 6.00. The van der Waals surface area contributed by atoms with Gasteiger partial charge in [0.15, 0.2) is 0 Å². The Kier molecular flexibility index (Phi) is 3.28. The highest BCUT2D eigenvalue weighted by Gasteiger charge is 2.06. The molecule has 5 heteroatoms. The fourth-order valence-corrected chi connectivity index (χ4v) is 2.38. The van der Waals surface area contributed by atoms with Crippen molar-refractivity contribution in [2.45, 2.75) is 0 Å². The molecule has 20 heavy (non-hydrogen) atoms. The molecule has 3 nitrogen and oxygen atoms in total. The van der Waals surface area contributed by atoms with E-state index < -0.39 is 0 Å². The van der Waals surface area contributed by atoms with Gasteiger partial charge in [-0.25, -0.2) is 4.39 Å². The monoisotopic (exact) mass is 331 g/mol. The molecule has 0 atom stereocenters. The zero-order chi connectivity index (χ0) is 14.1. The second kappa shape index (κ2) is 5.09. The number of nitrogen functional groups attached to an aromatic ring is 1. The number of fused-ring (bicyclic) bond motifs is 1. The van der Waals surface area contributed by atoms with Crippen molar-refractivity contribution in [3.8, 4) is 0 Å². The normalized spacial score (nSPS) is 10.7. The van der Waals surface area contributed by atoms with Crippen LogP contribution in [0.4, 0.5) is 21.5 Å². The van der Waals surface area contributed by atoms with Crippen molar-refractivity contribution in [1.29, 1.82) is 0 Å². The summed E-state index contributed by atoms with van der Waals surface area (Å²) < 4.78 is 14.0. The second-order valence-corrected chi connectivity index (χ2v) is 5.30. The molecule has 3 N–H and O–H groups in total. The predicted molar refractivity (Wildman–Crippen MR) is 83.5 cm³/mol. The van der Waals surface area contributed by atoms with Crippen LogP contribution >= 0.6 is 15.9 Å². The summed E-state index contributed by atoms with van der Waals surface area (Å²) in [5.41, 5.74) is 8.48. The van der Waals surface area contributed by atoms with E-state index in [1.54, 1.807) is 12.3 Å². The molecule has 0 radical (unpaired) electrons. The molecule has 0 amide bonds. The summed E-state index contributed by atoms with van der Waals surface area (Å²) in [7, 11) is 0. The van der Waals surface area contributed by atoms with Crippen LogP contribution in [0.3, 0.4) is 0 Å². The maximum absolute atomic E-state index is 13.1. The number of halogens is 2. The molecule has 2 aromatic carbocycles. The van der Waals surface area contributed by atoms with Gasteiger partial charge < -0.3 is 11.1 Å². The lowest BCUT2D eigenvalue weighted by Gasteiger charge is -2.11. The Balaban J connectivity index is 2.06. The topological polar surface area (TPSA) is 50.9 Å². The highest BCUT2D eigenvalue weighted by atomic mass is 79.9. The van der Waals surface area contributed by atoms with Gasteiger partial charge in [-0.1, -0.05) is 12.1 Å². The number of para-hydroxylation sites is 1. The van der Waals surface area contributed by atoms with E-state index in [1.165, 1.54) is 12.1 Å². The minimum Gasteiger partial charge on any atom is -0.397 e. The summed E-state index contributed by atoms with van der Waals surface area (Å²) in [4.78, 5) is 4.40. The van der Waals surface area contributed by atoms with Crippen LogP contribution in [0.2, 0.25) is 0 Å². The predicted octanol–water partition coefficient (Wildman–Crippen LogP) is 4.46. The summed E-state index contributed by atoms with van der Waals surface area (Å²) in [5.74, 6) is -0.354. The van der Waals surface area contributed by atoms with Crippen molar-refractivity contribution in [2.24, 2.45) is 0 Å². The third kappa shape index (κ3) is 2.44. The summed E-state index contributed by atoms with van der Waals surface area (Å²) in [6, 6.07) is 12.1. The Morgan fingerprint density at radius 2 is 1.95 bits per heavy atom. The van der Waals surface area contributed by atoms with Crippen molar-refractivity contribution >= 4 is 43.9 Å². The average molecular weight is 332 g/mol. The fraction of sp³-hybridized carbons (Fsp3) is 0. The van der Waals surface area contributed by atoms with Gasteiger partial charge in [-0.05, 0) is 46.3 Å². The second-order valence-electron chi connectivity index (χ2n) is 4.39. The first kappa shape index (κ1) is 12.9. The van der Waals surface area contributed by atoms with E-state index in [4.69, 9.17) is 5.73 Å². The van der Waals surface area contributed by atoms with E-state index in [9.17, 15) is 4.39 Å². The molecule has 0 aliphatic heterocycles. The maximum Gasteiger partial charge on any atom is 0.125 e. The number of nitrogens with zero attached hydrogens (tertiary/aromatic N) is 1. The SMILES string of the molecule is Nc1cc(F)ccc1Nc1cccc2cc(Br)cnc12. The molecule has 1 aromatic heterocycles. The zero-order valence-electron chi connectivity index (χ0n) is 10.4. The highest BCUT2D eigenvalue weighted by molar-refractivity contribution is 9.10. The van der Waals surface area contributed by atoms with E-state index in [-0.39, 0.29) is 5.82 Å². The Labute approximate surface area is 123 Å². The Morgan fingerprint density at radius 1 is 1.10 bits per heavy atom. The number of benzene rings is 2. The Bertz CT molecular complexity index is 789. The lowest BCUT2D eigenvalue weighted by Crippen LogP contribution is -1.98. The van der Waals surface area contributed by atoms with Gasteiger partial charge in [-0.15, -0.1) is 0 Å². The van der Waals surface area contributed by atoms with E-state index in [0.29, 0.717) is 11.4 Å². The third-order valence-electron chi connectivity index (χ3n) is 2.96. The number of hydrogen-bond donors (Lipinski definition) is 2. The van der Waals surface area contributed by atoms with Gasteiger partial charge >= 0.3 is 0 Å². The molecule has 3 aromatic rings. The van der Waals surface area contributed by atoms with E-state index in [0.717, 1.165) is 21.1 Å². The van der Waals surface area contributed by atoms with Crippen molar-refractivity contribution in [2.75, 3.05) is 11.1 Å². The van der Waals surface area contributed by atoms with Crippen LogP contribution in [-0.2, 0) is 0 Å². The lowest BCUT2D eigenvalue weighted by molar-refractivity contribution is 0.628. The zero-order valence-corrected chi connectivity index (χ0v) is 12.0. The minimum atomic E-state index is -0.354. The summed E-state index contributed by atoms with van der Waals surface area (Å²) in [6.07, 6.45) is 1.74. The van der Waals surface area contributed by atoms with Crippen LogP contribution in [0.15, 0.2) is 53.1 Å². The van der Waals surface area contributed by atoms with E-state index >= 15 is 0 Å². The maximum atomic E-state index is 13.1. The summed E-state index contributed by atoms with van der Waals surface area (Å²) >= 11 is 3.40. The van der Waals surface area contributed by atoms with Gasteiger partial charge in [0.25, 0.3) is 0 Å². The number of aromatic nitrogens is 1. The minimum absolute atomic E-state index is 0.354. The first-order valence-corrected chi connectivity index (χ1v) is 6.79. The van der Waals surface area contributed by atoms with Crippen LogP contribution < -0.4 is 11.1 Å². The average Bonchev–Trinajstić information content (AvgIpc) is 2.41. The molecule has 0 spiro atoms. The third-order valence-corrected chi connectivity index (χ3v) is 3.39. The quantitative estimate of drug-likeness (QED) is 0.681.